The lowest BCUT2D eigenvalue weighted by molar-refractivity contribution is 0.385. The summed E-state index contributed by atoms with van der Waals surface area (Å²) in [5, 5.41) is 2.16. The quantitative estimate of drug-likeness (QED) is 0.555. The number of nitrogens with two attached hydrogens (primary N) is 1. The number of rotatable bonds is 0. The van der Waals surface area contributed by atoms with Crippen LogP contribution in [0.5, 0.6) is 0 Å². The molecule has 0 atom stereocenters. The van der Waals surface area contributed by atoms with Gasteiger partial charge in [0.05, 0.1) is 5.54 Å². The number of hydrogen-bond donors (Lipinski definition) is 1. The van der Waals surface area contributed by atoms with Crippen molar-refractivity contribution in [3.8, 4) is 0 Å². The molecule has 88 valence electrons. The summed E-state index contributed by atoms with van der Waals surface area (Å²) in [5.74, 6) is 0.671. The highest BCUT2D eigenvalue weighted by Gasteiger charge is 2.19. The normalized spacial score (nSPS) is 17.4. The second-order valence-corrected chi connectivity index (χ2v) is 6.18. The third kappa shape index (κ3) is 2.55. The molecule has 0 amide bonds. The Morgan fingerprint density at radius 1 is 1.50 bits per heavy atom. The van der Waals surface area contributed by atoms with Crippen LogP contribution in [-0.4, -0.2) is 22.9 Å². The molecule has 1 aromatic heterocycles. The number of hydrogen-bond acceptors (Lipinski definition) is 2. The molecule has 0 radical (unpaired) electrons. The van der Waals surface area contributed by atoms with Crippen molar-refractivity contribution in [1.29, 1.82) is 0 Å². The van der Waals surface area contributed by atoms with Crippen LogP contribution in [0.1, 0.15) is 31.2 Å². The summed E-state index contributed by atoms with van der Waals surface area (Å²) in [6.45, 7) is 8.10. The summed E-state index contributed by atoms with van der Waals surface area (Å²) >= 11 is 1.84. The van der Waals surface area contributed by atoms with Crippen molar-refractivity contribution in [2.75, 3.05) is 6.54 Å². The molecule has 0 fully saturated rings. The van der Waals surface area contributed by atoms with Gasteiger partial charge in [-0.2, -0.15) is 0 Å². The second kappa shape index (κ2) is 4.09. The standard InChI is InChI=1S/C12H19N3S/c1-12(2,3)14-11(13)15-6-4-10-9(8-15)5-7-16-10/h5,7H,4,6,8H2,1-3H3,(H2,13,14). The molecule has 0 saturated carbocycles. The summed E-state index contributed by atoms with van der Waals surface area (Å²) in [7, 11) is 0. The van der Waals surface area contributed by atoms with Gasteiger partial charge in [0.2, 0.25) is 0 Å². The Morgan fingerprint density at radius 2 is 2.25 bits per heavy atom. The fourth-order valence-corrected chi connectivity index (χ4v) is 2.75. The van der Waals surface area contributed by atoms with Crippen molar-refractivity contribution in [2.45, 2.75) is 39.3 Å². The van der Waals surface area contributed by atoms with Crippen LogP contribution >= 0.6 is 11.3 Å². The van der Waals surface area contributed by atoms with Crippen molar-refractivity contribution in [2.24, 2.45) is 10.7 Å². The first kappa shape index (κ1) is 11.5. The molecule has 1 aliphatic rings. The second-order valence-electron chi connectivity index (χ2n) is 5.18. The average Bonchev–Trinajstić information content (AvgIpc) is 2.61. The van der Waals surface area contributed by atoms with E-state index in [0.717, 1.165) is 19.5 Å². The molecule has 2 N–H and O–H groups in total. The van der Waals surface area contributed by atoms with Gasteiger partial charge in [-0.3, -0.25) is 0 Å². The van der Waals surface area contributed by atoms with E-state index in [4.69, 9.17) is 5.73 Å². The Bertz CT molecular complexity index is 401. The van der Waals surface area contributed by atoms with Gasteiger partial charge >= 0.3 is 0 Å². The van der Waals surface area contributed by atoms with Gasteiger partial charge in [0, 0.05) is 18.0 Å². The minimum Gasteiger partial charge on any atom is -0.370 e. The van der Waals surface area contributed by atoms with Gasteiger partial charge in [0.25, 0.3) is 0 Å². The van der Waals surface area contributed by atoms with E-state index in [1.165, 1.54) is 10.4 Å². The van der Waals surface area contributed by atoms with Gasteiger partial charge in [0.15, 0.2) is 5.96 Å². The smallest absolute Gasteiger partial charge is 0.192 e. The maximum absolute atomic E-state index is 6.04. The van der Waals surface area contributed by atoms with E-state index in [2.05, 4.69) is 42.1 Å². The largest absolute Gasteiger partial charge is 0.370 e. The van der Waals surface area contributed by atoms with Gasteiger partial charge < -0.3 is 10.6 Å². The van der Waals surface area contributed by atoms with Crippen molar-refractivity contribution >= 4 is 17.3 Å². The molecule has 0 aromatic carbocycles. The third-order valence-corrected chi connectivity index (χ3v) is 3.60. The van der Waals surface area contributed by atoms with Crippen LogP contribution in [-0.2, 0) is 13.0 Å². The van der Waals surface area contributed by atoms with Crippen molar-refractivity contribution < 1.29 is 0 Å². The number of thiophene rings is 1. The van der Waals surface area contributed by atoms with Gasteiger partial charge in [-0.25, -0.2) is 4.99 Å². The zero-order chi connectivity index (χ0) is 11.8. The molecule has 2 heterocycles. The van der Waals surface area contributed by atoms with Crippen LogP contribution in [0.2, 0.25) is 0 Å². The van der Waals surface area contributed by atoms with E-state index in [0.29, 0.717) is 5.96 Å². The van der Waals surface area contributed by atoms with Crippen molar-refractivity contribution in [1.82, 2.24) is 4.90 Å². The van der Waals surface area contributed by atoms with Crippen LogP contribution in [0.25, 0.3) is 0 Å². The lowest BCUT2D eigenvalue weighted by Gasteiger charge is -2.29. The molecule has 1 aliphatic heterocycles. The van der Waals surface area contributed by atoms with E-state index >= 15 is 0 Å². The maximum atomic E-state index is 6.04. The molecule has 3 nitrogen and oxygen atoms in total. The predicted octanol–water partition coefficient (Wildman–Crippen LogP) is 2.22. The first-order valence-electron chi connectivity index (χ1n) is 5.61. The molecule has 0 aliphatic carbocycles. The van der Waals surface area contributed by atoms with E-state index in [1.54, 1.807) is 0 Å². The summed E-state index contributed by atoms with van der Waals surface area (Å²) in [5.41, 5.74) is 7.35. The van der Waals surface area contributed by atoms with Crippen molar-refractivity contribution in [3.63, 3.8) is 0 Å². The summed E-state index contributed by atoms with van der Waals surface area (Å²) in [4.78, 5) is 8.18. The van der Waals surface area contributed by atoms with Gasteiger partial charge in [-0.05, 0) is 44.2 Å². The lowest BCUT2D eigenvalue weighted by Crippen LogP contribution is -2.41. The number of aliphatic imine (C=N–C) groups is 1. The van der Waals surface area contributed by atoms with Gasteiger partial charge in [0.1, 0.15) is 0 Å². The van der Waals surface area contributed by atoms with Gasteiger partial charge in [-0.1, -0.05) is 0 Å². The van der Waals surface area contributed by atoms with Crippen molar-refractivity contribution in [3.05, 3.63) is 21.9 Å². The minimum absolute atomic E-state index is 0.0982. The fourth-order valence-electron chi connectivity index (χ4n) is 1.86. The monoisotopic (exact) mass is 237 g/mol. The van der Waals surface area contributed by atoms with Crippen LogP contribution in [0, 0.1) is 0 Å². The van der Waals surface area contributed by atoms with Crippen LogP contribution < -0.4 is 5.73 Å². The SMILES string of the molecule is CC(C)(C)N=C(N)N1CCc2sccc2C1. The zero-order valence-corrected chi connectivity index (χ0v) is 11.0. The highest BCUT2D eigenvalue weighted by molar-refractivity contribution is 7.10. The van der Waals surface area contributed by atoms with Crippen LogP contribution in [0.4, 0.5) is 0 Å². The molecular formula is C12H19N3S. The summed E-state index contributed by atoms with van der Waals surface area (Å²) < 4.78 is 0. The fraction of sp³-hybridized carbons (Fsp3) is 0.583. The van der Waals surface area contributed by atoms with E-state index in [9.17, 15) is 0 Å². The first-order valence-corrected chi connectivity index (χ1v) is 6.49. The lowest BCUT2D eigenvalue weighted by atomic mass is 10.1. The van der Waals surface area contributed by atoms with Gasteiger partial charge in [-0.15, -0.1) is 11.3 Å². The molecule has 0 unspecified atom stereocenters. The Hall–Kier alpha value is -1.03. The predicted molar refractivity (Wildman–Crippen MR) is 69.8 cm³/mol. The first-order chi connectivity index (χ1) is 7.46. The Balaban J connectivity index is 2.12. The molecular weight excluding hydrogens is 218 g/mol. The van der Waals surface area contributed by atoms with E-state index < -0.39 is 0 Å². The summed E-state index contributed by atoms with van der Waals surface area (Å²) in [6.07, 6.45) is 1.09. The molecule has 0 saturated heterocycles. The Morgan fingerprint density at radius 3 is 2.94 bits per heavy atom. The zero-order valence-electron chi connectivity index (χ0n) is 10.2. The van der Waals surface area contributed by atoms with Crippen LogP contribution in [0.3, 0.4) is 0 Å². The molecule has 16 heavy (non-hydrogen) atoms. The molecule has 4 heteroatoms. The summed E-state index contributed by atoms with van der Waals surface area (Å²) in [6, 6.07) is 2.19. The molecule has 2 rings (SSSR count). The highest BCUT2D eigenvalue weighted by atomic mass is 32.1. The Kier molecular flexibility index (Phi) is 2.93. The number of fused-ring (bicyclic) bond motifs is 1. The Labute approximate surface area is 101 Å². The highest BCUT2D eigenvalue weighted by Crippen LogP contribution is 2.24. The maximum Gasteiger partial charge on any atom is 0.192 e. The topological polar surface area (TPSA) is 41.6 Å². The van der Waals surface area contributed by atoms with Crippen LogP contribution in [0.15, 0.2) is 16.4 Å². The molecule has 0 bridgehead atoms. The minimum atomic E-state index is -0.0982. The van der Waals surface area contributed by atoms with E-state index in [1.807, 2.05) is 11.3 Å². The third-order valence-electron chi connectivity index (χ3n) is 2.58. The van der Waals surface area contributed by atoms with E-state index in [-0.39, 0.29) is 5.54 Å². The number of guanidine groups is 1. The molecule has 0 spiro atoms. The molecule has 1 aromatic rings. The average molecular weight is 237 g/mol. The number of nitrogens with zero attached hydrogens (tertiary/aromatic N) is 2.